The van der Waals surface area contributed by atoms with Crippen LogP contribution in [0.4, 0.5) is 4.39 Å². The van der Waals surface area contributed by atoms with Crippen LogP contribution in [0.1, 0.15) is 41.5 Å². The number of carbonyl (C=O) groups is 1. The van der Waals surface area contributed by atoms with E-state index in [-0.39, 0.29) is 28.7 Å². The van der Waals surface area contributed by atoms with Crippen LogP contribution in [-0.2, 0) is 5.60 Å². The summed E-state index contributed by atoms with van der Waals surface area (Å²) in [6.45, 7) is 3.11. The maximum absolute atomic E-state index is 14.5. The van der Waals surface area contributed by atoms with E-state index in [0.29, 0.717) is 0 Å². The van der Waals surface area contributed by atoms with E-state index in [0.717, 1.165) is 12.8 Å². The maximum atomic E-state index is 14.5. The standard InChI is InChI=1S/C16H16FN3O3/c1-8-7-19-13(12(17)11(8)14(21)22)10-5-6-18-15(20-10)16(2,23)9-3-4-9/h5-7,9,23H,3-4H2,1-2H3,(H,21,22). The second-order valence-electron chi connectivity index (χ2n) is 5.97. The highest BCUT2D eigenvalue weighted by molar-refractivity contribution is 5.90. The van der Waals surface area contributed by atoms with E-state index in [1.54, 1.807) is 6.92 Å². The van der Waals surface area contributed by atoms with E-state index in [9.17, 15) is 14.3 Å². The quantitative estimate of drug-likeness (QED) is 0.898. The van der Waals surface area contributed by atoms with Crippen LogP contribution >= 0.6 is 0 Å². The number of hydrogen-bond acceptors (Lipinski definition) is 5. The van der Waals surface area contributed by atoms with E-state index in [2.05, 4.69) is 15.0 Å². The summed E-state index contributed by atoms with van der Waals surface area (Å²) in [4.78, 5) is 23.5. The Hall–Kier alpha value is -2.41. The molecule has 1 unspecified atom stereocenters. The summed E-state index contributed by atoms with van der Waals surface area (Å²) in [5.74, 6) is -2.02. The van der Waals surface area contributed by atoms with Crippen LogP contribution in [0.5, 0.6) is 0 Å². The second-order valence-corrected chi connectivity index (χ2v) is 5.97. The highest BCUT2D eigenvalue weighted by Crippen LogP contribution is 2.44. The Morgan fingerprint density at radius 1 is 1.39 bits per heavy atom. The maximum Gasteiger partial charge on any atom is 0.339 e. The number of aliphatic hydroxyl groups is 1. The molecule has 6 nitrogen and oxygen atoms in total. The number of aromatic carboxylic acids is 1. The molecule has 0 radical (unpaired) electrons. The van der Waals surface area contributed by atoms with Crippen LogP contribution in [0.25, 0.3) is 11.4 Å². The molecule has 0 spiro atoms. The molecule has 2 N–H and O–H groups in total. The molecule has 0 saturated heterocycles. The smallest absolute Gasteiger partial charge is 0.339 e. The summed E-state index contributed by atoms with van der Waals surface area (Å²) in [6.07, 6.45) is 4.49. The van der Waals surface area contributed by atoms with Gasteiger partial charge >= 0.3 is 5.97 Å². The molecule has 1 aliphatic carbocycles. The molecule has 120 valence electrons. The van der Waals surface area contributed by atoms with Crippen molar-refractivity contribution in [3.63, 3.8) is 0 Å². The number of hydrogen-bond donors (Lipinski definition) is 2. The Bertz CT molecular complexity index is 788. The SMILES string of the molecule is Cc1cnc(-c2ccnc(C(C)(O)C3CC3)n2)c(F)c1C(=O)O. The van der Waals surface area contributed by atoms with Gasteiger partial charge in [-0.3, -0.25) is 4.98 Å². The monoisotopic (exact) mass is 317 g/mol. The lowest BCUT2D eigenvalue weighted by molar-refractivity contribution is 0.0239. The average molecular weight is 317 g/mol. The van der Waals surface area contributed by atoms with Crippen LogP contribution in [0.2, 0.25) is 0 Å². The van der Waals surface area contributed by atoms with Gasteiger partial charge < -0.3 is 10.2 Å². The first-order valence-electron chi connectivity index (χ1n) is 7.27. The van der Waals surface area contributed by atoms with E-state index in [4.69, 9.17) is 5.11 Å². The highest BCUT2D eigenvalue weighted by Gasteiger charge is 2.43. The van der Waals surface area contributed by atoms with Gasteiger partial charge in [0, 0.05) is 12.4 Å². The number of aryl methyl sites for hydroxylation is 1. The van der Waals surface area contributed by atoms with E-state index >= 15 is 0 Å². The summed E-state index contributed by atoms with van der Waals surface area (Å²) < 4.78 is 14.5. The highest BCUT2D eigenvalue weighted by atomic mass is 19.1. The molecule has 2 aromatic heterocycles. The molecule has 1 atom stereocenters. The van der Waals surface area contributed by atoms with Crippen molar-refractivity contribution in [3.05, 3.63) is 41.2 Å². The Morgan fingerprint density at radius 3 is 2.70 bits per heavy atom. The van der Waals surface area contributed by atoms with Gasteiger partial charge in [-0.1, -0.05) is 0 Å². The number of halogens is 1. The lowest BCUT2D eigenvalue weighted by atomic mass is 9.99. The largest absolute Gasteiger partial charge is 0.478 e. The Kier molecular flexibility index (Phi) is 3.60. The molecular formula is C16H16FN3O3. The first kappa shape index (κ1) is 15.5. The van der Waals surface area contributed by atoms with Crippen LogP contribution < -0.4 is 0 Å². The molecule has 1 saturated carbocycles. The molecule has 1 aliphatic rings. The molecular weight excluding hydrogens is 301 g/mol. The third-order valence-corrected chi connectivity index (χ3v) is 4.15. The van der Waals surface area contributed by atoms with Gasteiger partial charge in [0.05, 0.1) is 5.69 Å². The Morgan fingerprint density at radius 2 is 2.09 bits per heavy atom. The van der Waals surface area contributed by atoms with Gasteiger partial charge in [0.15, 0.2) is 11.6 Å². The molecule has 23 heavy (non-hydrogen) atoms. The predicted molar refractivity (Wildman–Crippen MR) is 79.2 cm³/mol. The lowest BCUT2D eigenvalue weighted by Crippen LogP contribution is -2.27. The van der Waals surface area contributed by atoms with Crippen molar-refractivity contribution >= 4 is 5.97 Å². The van der Waals surface area contributed by atoms with Gasteiger partial charge in [0.2, 0.25) is 0 Å². The van der Waals surface area contributed by atoms with Gasteiger partial charge in [-0.05, 0) is 44.2 Å². The van der Waals surface area contributed by atoms with Crippen molar-refractivity contribution in [1.82, 2.24) is 15.0 Å². The van der Waals surface area contributed by atoms with Gasteiger partial charge in [-0.2, -0.15) is 0 Å². The minimum atomic E-state index is -1.36. The minimum absolute atomic E-state index is 0.0863. The number of carboxylic acids is 1. The number of pyridine rings is 1. The molecule has 0 bridgehead atoms. The fraction of sp³-hybridized carbons (Fsp3) is 0.375. The molecule has 0 aliphatic heterocycles. The van der Waals surface area contributed by atoms with Gasteiger partial charge in [-0.25, -0.2) is 19.2 Å². The number of aromatic nitrogens is 3. The van der Waals surface area contributed by atoms with Crippen molar-refractivity contribution in [2.24, 2.45) is 5.92 Å². The summed E-state index contributed by atoms with van der Waals surface area (Å²) >= 11 is 0. The van der Waals surface area contributed by atoms with Crippen LogP contribution in [-0.4, -0.2) is 31.1 Å². The first-order valence-corrected chi connectivity index (χ1v) is 7.27. The zero-order valence-electron chi connectivity index (χ0n) is 12.7. The predicted octanol–water partition coefficient (Wildman–Crippen LogP) is 2.30. The van der Waals surface area contributed by atoms with Crippen molar-refractivity contribution < 1.29 is 19.4 Å². The Labute approximate surface area is 132 Å². The van der Waals surface area contributed by atoms with Crippen LogP contribution in [0, 0.1) is 18.7 Å². The van der Waals surface area contributed by atoms with Gasteiger partial charge in [0.1, 0.15) is 16.9 Å². The summed E-state index contributed by atoms with van der Waals surface area (Å²) in [5, 5.41) is 19.7. The topological polar surface area (TPSA) is 96.2 Å². The normalized spacial score (nSPS) is 16.9. The van der Waals surface area contributed by atoms with Gasteiger partial charge in [0.25, 0.3) is 0 Å². The van der Waals surface area contributed by atoms with Crippen LogP contribution in [0.3, 0.4) is 0 Å². The fourth-order valence-electron chi connectivity index (χ4n) is 2.58. The lowest BCUT2D eigenvalue weighted by Gasteiger charge is -2.21. The zero-order valence-corrected chi connectivity index (χ0v) is 12.7. The molecule has 0 aromatic carbocycles. The fourth-order valence-corrected chi connectivity index (χ4v) is 2.58. The summed E-state index contributed by atoms with van der Waals surface area (Å²) in [6, 6.07) is 1.44. The van der Waals surface area contributed by atoms with E-state index < -0.39 is 23.0 Å². The van der Waals surface area contributed by atoms with Gasteiger partial charge in [-0.15, -0.1) is 0 Å². The molecule has 2 heterocycles. The summed E-state index contributed by atoms with van der Waals surface area (Å²) in [5.41, 5.74) is -1.39. The molecule has 7 heteroatoms. The molecule has 3 rings (SSSR count). The Balaban J connectivity index is 2.10. The molecule has 2 aromatic rings. The van der Waals surface area contributed by atoms with Crippen molar-refractivity contribution in [2.75, 3.05) is 0 Å². The number of rotatable bonds is 4. The molecule has 1 fully saturated rings. The summed E-state index contributed by atoms with van der Waals surface area (Å²) in [7, 11) is 0. The number of carboxylic acid groups (broad SMARTS) is 1. The van der Waals surface area contributed by atoms with Crippen LogP contribution in [0.15, 0.2) is 18.5 Å². The third-order valence-electron chi connectivity index (χ3n) is 4.15. The minimum Gasteiger partial charge on any atom is -0.478 e. The number of nitrogens with zero attached hydrogens (tertiary/aromatic N) is 3. The second kappa shape index (κ2) is 5.34. The third kappa shape index (κ3) is 2.68. The first-order chi connectivity index (χ1) is 10.8. The average Bonchev–Trinajstić information content (AvgIpc) is 3.32. The molecule has 0 amide bonds. The van der Waals surface area contributed by atoms with Crippen molar-refractivity contribution in [3.8, 4) is 11.4 Å². The van der Waals surface area contributed by atoms with Crippen molar-refractivity contribution in [1.29, 1.82) is 0 Å². The zero-order chi connectivity index (χ0) is 16.8. The van der Waals surface area contributed by atoms with E-state index in [1.165, 1.54) is 25.4 Å². The van der Waals surface area contributed by atoms with Crippen molar-refractivity contribution in [2.45, 2.75) is 32.3 Å². The van der Waals surface area contributed by atoms with E-state index in [1.807, 2.05) is 0 Å².